The van der Waals surface area contributed by atoms with Crippen LogP contribution in [0, 0.1) is 4.91 Å². The van der Waals surface area contributed by atoms with E-state index in [0.29, 0.717) is 0 Å². The van der Waals surface area contributed by atoms with E-state index in [1.165, 1.54) is 10.9 Å². The minimum absolute atomic E-state index is 0.00101. The molecular formula is C17H15BrN6O2. The summed E-state index contributed by atoms with van der Waals surface area (Å²) in [7, 11) is 0. The Balaban J connectivity index is 1.87. The lowest BCUT2D eigenvalue weighted by atomic mass is 9.94. The summed E-state index contributed by atoms with van der Waals surface area (Å²) in [6.45, 7) is 3.72. The smallest absolute Gasteiger partial charge is 0.257 e. The molecule has 3 rings (SSSR count). The van der Waals surface area contributed by atoms with E-state index in [4.69, 9.17) is 0 Å². The van der Waals surface area contributed by atoms with Gasteiger partial charge in [0.25, 0.3) is 11.9 Å². The number of carbonyl (C=O) groups excluding carboxylic acids is 1. The van der Waals surface area contributed by atoms with Crippen LogP contribution in [0.15, 0.2) is 58.6 Å². The van der Waals surface area contributed by atoms with Crippen molar-refractivity contribution < 1.29 is 4.79 Å². The van der Waals surface area contributed by atoms with Gasteiger partial charge < -0.3 is 5.32 Å². The van der Waals surface area contributed by atoms with Crippen LogP contribution in [0.25, 0.3) is 5.95 Å². The maximum Gasteiger partial charge on any atom is 0.257 e. The van der Waals surface area contributed by atoms with E-state index in [2.05, 4.69) is 41.5 Å². The Labute approximate surface area is 157 Å². The van der Waals surface area contributed by atoms with Crippen LogP contribution in [0.2, 0.25) is 0 Å². The summed E-state index contributed by atoms with van der Waals surface area (Å²) >= 11 is 3.38. The molecule has 1 N–H and O–H groups in total. The van der Waals surface area contributed by atoms with Gasteiger partial charge in [0.05, 0.1) is 5.54 Å². The van der Waals surface area contributed by atoms with Crippen molar-refractivity contribution in [1.82, 2.24) is 25.1 Å². The Kier molecular flexibility index (Phi) is 4.90. The van der Waals surface area contributed by atoms with E-state index >= 15 is 0 Å². The van der Waals surface area contributed by atoms with Gasteiger partial charge in [0, 0.05) is 23.1 Å². The van der Waals surface area contributed by atoms with E-state index in [1.54, 1.807) is 18.5 Å². The SMILES string of the molecule is CC(C)(NC(=O)c1cnc(-n2cccn2)nc1N=O)c1ccc(Br)cc1. The molecule has 0 unspecified atom stereocenters. The van der Waals surface area contributed by atoms with Crippen LogP contribution in [0.3, 0.4) is 0 Å². The lowest BCUT2D eigenvalue weighted by Gasteiger charge is -2.27. The van der Waals surface area contributed by atoms with Gasteiger partial charge in [-0.3, -0.25) is 4.79 Å². The van der Waals surface area contributed by atoms with Gasteiger partial charge in [0.2, 0.25) is 5.82 Å². The third-order valence-electron chi connectivity index (χ3n) is 3.79. The van der Waals surface area contributed by atoms with Crippen LogP contribution in [0.1, 0.15) is 29.8 Å². The van der Waals surface area contributed by atoms with Crippen molar-refractivity contribution in [3.05, 3.63) is 69.4 Å². The van der Waals surface area contributed by atoms with E-state index in [0.717, 1.165) is 10.0 Å². The summed E-state index contributed by atoms with van der Waals surface area (Å²) in [4.78, 5) is 31.9. The normalized spacial score (nSPS) is 11.2. The average molecular weight is 415 g/mol. The highest BCUT2D eigenvalue weighted by Crippen LogP contribution is 2.24. The van der Waals surface area contributed by atoms with Gasteiger partial charge in [-0.1, -0.05) is 28.1 Å². The topological polar surface area (TPSA) is 102 Å². The molecule has 0 spiro atoms. The molecule has 0 aliphatic rings. The number of hydrogen-bond donors (Lipinski definition) is 1. The first-order valence-electron chi connectivity index (χ1n) is 7.70. The van der Waals surface area contributed by atoms with Crippen LogP contribution < -0.4 is 5.32 Å². The molecule has 2 aromatic heterocycles. The number of halogens is 1. The number of amides is 1. The highest BCUT2D eigenvalue weighted by molar-refractivity contribution is 9.10. The fourth-order valence-corrected chi connectivity index (χ4v) is 2.65. The van der Waals surface area contributed by atoms with Gasteiger partial charge >= 0.3 is 0 Å². The summed E-state index contributed by atoms with van der Waals surface area (Å²) in [6, 6.07) is 9.28. The van der Waals surface area contributed by atoms with E-state index in [9.17, 15) is 9.70 Å². The summed E-state index contributed by atoms with van der Waals surface area (Å²) in [5.41, 5.74) is 0.239. The first-order valence-corrected chi connectivity index (χ1v) is 8.49. The lowest BCUT2D eigenvalue weighted by molar-refractivity contribution is 0.0912. The molecule has 8 nitrogen and oxygen atoms in total. The van der Waals surface area contributed by atoms with E-state index in [-0.39, 0.29) is 17.3 Å². The van der Waals surface area contributed by atoms with Crippen molar-refractivity contribution in [1.29, 1.82) is 0 Å². The van der Waals surface area contributed by atoms with Crippen molar-refractivity contribution >= 4 is 27.7 Å². The largest absolute Gasteiger partial charge is 0.343 e. The molecule has 0 saturated carbocycles. The summed E-state index contributed by atoms with van der Waals surface area (Å²) < 4.78 is 2.32. The van der Waals surface area contributed by atoms with Crippen LogP contribution >= 0.6 is 15.9 Å². The third-order valence-corrected chi connectivity index (χ3v) is 4.32. The number of benzene rings is 1. The number of rotatable bonds is 5. The molecule has 1 amide bonds. The van der Waals surface area contributed by atoms with E-state index in [1.807, 2.05) is 38.1 Å². The molecule has 0 atom stereocenters. The number of aromatic nitrogens is 4. The molecule has 0 fully saturated rings. The second-order valence-corrected chi connectivity index (χ2v) is 6.95. The number of nitrogens with one attached hydrogen (secondary N) is 1. The Hall–Kier alpha value is -2.94. The van der Waals surface area contributed by atoms with Gasteiger partial charge in [-0.2, -0.15) is 10.1 Å². The Bertz CT molecular complexity index is 938. The van der Waals surface area contributed by atoms with Gasteiger partial charge in [0.1, 0.15) is 5.56 Å². The Morgan fingerprint density at radius 1 is 1.27 bits per heavy atom. The fraction of sp³-hybridized carbons (Fsp3) is 0.176. The van der Waals surface area contributed by atoms with Crippen molar-refractivity contribution in [2.24, 2.45) is 5.18 Å². The quantitative estimate of drug-likeness (QED) is 0.643. The molecule has 1 aromatic carbocycles. The summed E-state index contributed by atoms with van der Waals surface area (Å²) in [5, 5.41) is 9.74. The highest BCUT2D eigenvalue weighted by atomic mass is 79.9. The van der Waals surface area contributed by atoms with Gasteiger partial charge in [0.15, 0.2) is 0 Å². The molecule has 26 heavy (non-hydrogen) atoms. The minimum atomic E-state index is -0.668. The van der Waals surface area contributed by atoms with Crippen LogP contribution in [0.4, 0.5) is 5.82 Å². The Morgan fingerprint density at radius 2 is 2.00 bits per heavy atom. The molecule has 0 bridgehead atoms. The minimum Gasteiger partial charge on any atom is -0.343 e. The van der Waals surface area contributed by atoms with Crippen LogP contribution in [-0.4, -0.2) is 25.7 Å². The second kappa shape index (κ2) is 7.12. The van der Waals surface area contributed by atoms with Gasteiger partial charge in [-0.15, -0.1) is 4.91 Å². The standard InChI is InChI=1S/C17H15BrN6O2/c1-17(2,11-4-6-12(18)7-5-11)22-15(25)13-10-19-16(21-14(13)23-26)24-9-3-8-20-24/h3-10H,1-2H3,(H,22,25). The van der Waals surface area contributed by atoms with Crippen LogP contribution in [0.5, 0.6) is 0 Å². The van der Waals surface area contributed by atoms with Crippen molar-refractivity contribution in [2.45, 2.75) is 19.4 Å². The molecule has 132 valence electrons. The average Bonchev–Trinajstić information content (AvgIpc) is 3.15. The monoisotopic (exact) mass is 414 g/mol. The third kappa shape index (κ3) is 3.67. The first-order chi connectivity index (χ1) is 12.4. The Morgan fingerprint density at radius 3 is 2.62 bits per heavy atom. The van der Waals surface area contributed by atoms with Crippen molar-refractivity contribution in [3.63, 3.8) is 0 Å². The molecule has 2 heterocycles. The van der Waals surface area contributed by atoms with Gasteiger partial charge in [-0.25, -0.2) is 9.67 Å². The fourth-order valence-electron chi connectivity index (χ4n) is 2.38. The molecule has 0 radical (unpaired) electrons. The number of nitroso groups, excluding NO2 is 1. The lowest BCUT2D eigenvalue weighted by Crippen LogP contribution is -2.41. The molecule has 0 saturated heterocycles. The maximum absolute atomic E-state index is 12.7. The number of hydrogen-bond acceptors (Lipinski definition) is 6. The zero-order valence-electron chi connectivity index (χ0n) is 14.0. The highest BCUT2D eigenvalue weighted by Gasteiger charge is 2.26. The molecule has 3 aromatic rings. The summed E-state index contributed by atoms with van der Waals surface area (Å²) in [6.07, 6.45) is 4.45. The second-order valence-electron chi connectivity index (χ2n) is 6.04. The summed E-state index contributed by atoms with van der Waals surface area (Å²) in [5.74, 6) is -0.567. The van der Waals surface area contributed by atoms with Crippen molar-refractivity contribution in [3.8, 4) is 5.95 Å². The predicted octanol–water partition coefficient (Wildman–Crippen LogP) is 3.49. The zero-order valence-corrected chi connectivity index (χ0v) is 15.6. The van der Waals surface area contributed by atoms with Crippen molar-refractivity contribution in [2.75, 3.05) is 0 Å². The molecule has 9 heteroatoms. The molecule has 0 aliphatic heterocycles. The first kappa shape index (κ1) is 17.9. The number of nitrogens with zero attached hydrogens (tertiary/aromatic N) is 5. The molecule has 0 aliphatic carbocycles. The van der Waals surface area contributed by atoms with E-state index < -0.39 is 11.4 Å². The zero-order chi connectivity index (χ0) is 18.7. The van der Waals surface area contributed by atoms with Gasteiger partial charge in [-0.05, 0) is 42.8 Å². The predicted molar refractivity (Wildman–Crippen MR) is 99.2 cm³/mol. The number of carbonyl (C=O) groups is 1. The van der Waals surface area contributed by atoms with Crippen LogP contribution in [-0.2, 0) is 5.54 Å². The maximum atomic E-state index is 12.7. The molecular weight excluding hydrogens is 400 g/mol.